The van der Waals surface area contributed by atoms with Crippen LogP contribution in [-0.2, 0) is 10.2 Å². The lowest BCUT2D eigenvalue weighted by Crippen LogP contribution is -2.35. The average molecular weight is 161 g/mol. The normalized spacial score (nSPS) is 18.7. The zero-order chi connectivity index (χ0) is 8.60. The standard InChI is InChI=1S/C10H10O2/c11-9(12)10(6-7-10)8-4-2-1-3-5-8/h1-5H,6-7H2,(H,11,12)/p-1. The first-order valence-electron chi connectivity index (χ1n) is 4.03. The number of hydrogen-bond acceptors (Lipinski definition) is 2. The highest BCUT2D eigenvalue weighted by Crippen LogP contribution is 2.47. The van der Waals surface area contributed by atoms with Crippen LogP contribution in [0.3, 0.4) is 0 Å². The van der Waals surface area contributed by atoms with Crippen molar-refractivity contribution >= 4 is 5.97 Å². The summed E-state index contributed by atoms with van der Waals surface area (Å²) >= 11 is 0. The van der Waals surface area contributed by atoms with Crippen LogP contribution in [0.25, 0.3) is 0 Å². The van der Waals surface area contributed by atoms with Crippen molar-refractivity contribution < 1.29 is 9.90 Å². The molecule has 0 N–H and O–H groups in total. The fourth-order valence-electron chi connectivity index (χ4n) is 1.49. The van der Waals surface area contributed by atoms with E-state index in [2.05, 4.69) is 0 Å². The molecule has 12 heavy (non-hydrogen) atoms. The number of hydrogen-bond donors (Lipinski definition) is 0. The van der Waals surface area contributed by atoms with E-state index in [4.69, 9.17) is 0 Å². The van der Waals surface area contributed by atoms with Crippen LogP contribution >= 0.6 is 0 Å². The van der Waals surface area contributed by atoms with Crippen molar-refractivity contribution in [3.63, 3.8) is 0 Å². The minimum atomic E-state index is -0.936. The molecule has 0 aromatic heterocycles. The quantitative estimate of drug-likeness (QED) is 0.632. The minimum absolute atomic E-state index is 0.652. The molecule has 2 rings (SSSR count). The van der Waals surface area contributed by atoms with Gasteiger partial charge in [0.05, 0.1) is 5.97 Å². The fraction of sp³-hybridized carbons (Fsp3) is 0.300. The van der Waals surface area contributed by atoms with Crippen molar-refractivity contribution in [2.24, 2.45) is 0 Å². The first kappa shape index (κ1) is 7.35. The largest absolute Gasteiger partial charge is 0.549 e. The highest BCUT2D eigenvalue weighted by Gasteiger charge is 2.45. The van der Waals surface area contributed by atoms with E-state index in [1.165, 1.54) is 0 Å². The Balaban J connectivity index is 2.37. The van der Waals surface area contributed by atoms with Gasteiger partial charge in [0.25, 0.3) is 0 Å². The summed E-state index contributed by atoms with van der Waals surface area (Å²) in [5, 5.41) is 10.8. The molecule has 1 aliphatic carbocycles. The number of benzene rings is 1. The Morgan fingerprint density at radius 3 is 2.25 bits per heavy atom. The van der Waals surface area contributed by atoms with E-state index in [1.54, 1.807) is 0 Å². The van der Waals surface area contributed by atoms with Gasteiger partial charge in [-0.2, -0.15) is 0 Å². The summed E-state index contributed by atoms with van der Waals surface area (Å²) in [5.41, 5.74) is 0.228. The van der Waals surface area contributed by atoms with Crippen molar-refractivity contribution in [3.8, 4) is 0 Å². The Bertz CT molecular complexity index is 299. The van der Waals surface area contributed by atoms with Crippen LogP contribution in [0.2, 0.25) is 0 Å². The molecule has 1 saturated carbocycles. The summed E-state index contributed by atoms with van der Waals surface area (Å²) in [6.45, 7) is 0. The third-order valence-corrected chi connectivity index (χ3v) is 2.47. The SMILES string of the molecule is O=C([O-])C1(c2ccccc2)CC1. The summed E-state index contributed by atoms with van der Waals surface area (Å²) in [4.78, 5) is 10.8. The maximum absolute atomic E-state index is 10.8. The van der Waals surface area contributed by atoms with Gasteiger partial charge in [-0.1, -0.05) is 30.3 Å². The predicted molar refractivity (Wildman–Crippen MR) is 42.4 cm³/mol. The van der Waals surface area contributed by atoms with E-state index < -0.39 is 11.4 Å². The van der Waals surface area contributed by atoms with Crippen molar-refractivity contribution in [1.29, 1.82) is 0 Å². The molecule has 0 saturated heterocycles. The van der Waals surface area contributed by atoms with Gasteiger partial charge in [-0.3, -0.25) is 0 Å². The Labute approximate surface area is 70.8 Å². The van der Waals surface area contributed by atoms with Crippen LogP contribution in [0.5, 0.6) is 0 Å². The molecule has 0 bridgehead atoms. The van der Waals surface area contributed by atoms with Crippen LogP contribution in [0.1, 0.15) is 18.4 Å². The maximum atomic E-state index is 10.8. The van der Waals surface area contributed by atoms with E-state index in [0.717, 1.165) is 18.4 Å². The van der Waals surface area contributed by atoms with Gasteiger partial charge >= 0.3 is 0 Å². The number of carbonyl (C=O) groups is 1. The molecule has 0 spiro atoms. The first-order chi connectivity index (χ1) is 5.76. The predicted octanol–water partition coefficient (Wildman–Crippen LogP) is 0.468. The summed E-state index contributed by atoms with van der Waals surface area (Å²) in [6.07, 6.45) is 1.44. The Hall–Kier alpha value is -1.31. The molecule has 1 fully saturated rings. The van der Waals surface area contributed by atoms with Gasteiger partial charge in [0.2, 0.25) is 0 Å². The smallest absolute Gasteiger partial charge is 0.0520 e. The van der Waals surface area contributed by atoms with Gasteiger partial charge in [0, 0.05) is 5.41 Å². The number of aliphatic carboxylic acids is 1. The summed E-state index contributed by atoms with van der Waals surface area (Å²) in [6, 6.07) is 9.30. The highest BCUT2D eigenvalue weighted by molar-refractivity contribution is 5.83. The van der Waals surface area contributed by atoms with E-state index in [0.29, 0.717) is 0 Å². The lowest BCUT2D eigenvalue weighted by Gasteiger charge is -2.15. The van der Waals surface area contributed by atoms with E-state index in [-0.39, 0.29) is 0 Å². The summed E-state index contributed by atoms with van der Waals surface area (Å²) in [5.74, 6) is -0.936. The number of carbonyl (C=O) groups excluding carboxylic acids is 1. The molecule has 1 aromatic carbocycles. The van der Waals surface area contributed by atoms with Crippen molar-refractivity contribution in [2.45, 2.75) is 18.3 Å². The first-order valence-corrected chi connectivity index (χ1v) is 4.03. The molecule has 1 aromatic rings. The highest BCUT2D eigenvalue weighted by atomic mass is 16.4. The molecule has 2 heteroatoms. The summed E-state index contributed by atoms with van der Waals surface area (Å²) < 4.78 is 0. The summed E-state index contributed by atoms with van der Waals surface area (Å²) in [7, 11) is 0. The van der Waals surface area contributed by atoms with Crippen LogP contribution in [-0.4, -0.2) is 5.97 Å². The minimum Gasteiger partial charge on any atom is -0.549 e. The zero-order valence-electron chi connectivity index (χ0n) is 6.62. The van der Waals surface area contributed by atoms with Crippen LogP contribution in [0.15, 0.2) is 30.3 Å². The van der Waals surface area contributed by atoms with E-state index in [9.17, 15) is 9.90 Å². The van der Waals surface area contributed by atoms with E-state index in [1.807, 2.05) is 30.3 Å². The monoisotopic (exact) mass is 161 g/mol. The molecule has 0 aliphatic heterocycles. The third kappa shape index (κ3) is 0.916. The van der Waals surface area contributed by atoms with Gasteiger partial charge in [-0.05, 0) is 18.4 Å². The van der Waals surface area contributed by atoms with Crippen molar-refractivity contribution in [2.75, 3.05) is 0 Å². The van der Waals surface area contributed by atoms with Crippen molar-refractivity contribution in [3.05, 3.63) is 35.9 Å². The molecule has 2 nitrogen and oxygen atoms in total. The maximum Gasteiger partial charge on any atom is 0.0520 e. The van der Waals surface area contributed by atoms with Gasteiger partial charge in [-0.25, -0.2) is 0 Å². The fourth-order valence-corrected chi connectivity index (χ4v) is 1.49. The molecule has 0 amide bonds. The van der Waals surface area contributed by atoms with Gasteiger partial charge in [0.1, 0.15) is 0 Å². The number of carboxylic acid groups (broad SMARTS) is 1. The van der Waals surface area contributed by atoms with Crippen LogP contribution < -0.4 is 5.11 Å². The molecule has 0 unspecified atom stereocenters. The second-order valence-electron chi connectivity index (χ2n) is 3.24. The van der Waals surface area contributed by atoms with Gasteiger partial charge < -0.3 is 9.90 Å². The topological polar surface area (TPSA) is 40.1 Å². The average Bonchev–Trinajstić information content (AvgIpc) is 2.86. The Morgan fingerprint density at radius 2 is 1.83 bits per heavy atom. The number of rotatable bonds is 2. The van der Waals surface area contributed by atoms with Crippen molar-refractivity contribution in [1.82, 2.24) is 0 Å². The molecule has 62 valence electrons. The molecule has 0 heterocycles. The van der Waals surface area contributed by atoms with Gasteiger partial charge in [0.15, 0.2) is 0 Å². The number of carboxylic acids is 1. The molecule has 0 radical (unpaired) electrons. The van der Waals surface area contributed by atoms with Crippen LogP contribution in [0.4, 0.5) is 0 Å². The van der Waals surface area contributed by atoms with E-state index >= 15 is 0 Å². The zero-order valence-corrected chi connectivity index (χ0v) is 6.62. The molecule has 1 aliphatic rings. The lowest BCUT2D eigenvalue weighted by atomic mass is 9.97. The Kier molecular flexibility index (Phi) is 1.43. The second kappa shape index (κ2) is 2.34. The Morgan fingerprint density at radius 1 is 1.25 bits per heavy atom. The lowest BCUT2D eigenvalue weighted by molar-refractivity contribution is -0.309. The van der Waals surface area contributed by atoms with Crippen LogP contribution in [0, 0.1) is 0 Å². The third-order valence-electron chi connectivity index (χ3n) is 2.47. The van der Waals surface area contributed by atoms with Gasteiger partial charge in [-0.15, -0.1) is 0 Å². The second-order valence-corrected chi connectivity index (χ2v) is 3.24. The molecule has 0 atom stereocenters. The molecular weight excluding hydrogens is 152 g/mol. The molecular formula is C10H9O2-.